The standard InChI is InChI=1S/C12H13ClN2S/c1-16-8-7-14-11-5-4-10(13)9-3-2-6-15-12(9)11/h2-6,14H,7-8H2,1H3. The first-order valence-corrected chi connectivity index (χ1v) is 6.86. The molecule has 0 atom stereocenters. The van der Waals surface area contributed by atoms with Crippen LogP contribution in [-0.2, 0) is 0 Å². The zero-order chi connectivity index (χ0) is 11.4. The highest BCUT2D eigenvalue weighted by atomic mass is 35.5. The molecule has 0 saturated carbocycles. The third kappa shape index (κ3) is 2.42. The van der Waals surface area contributed by atoms with Crippen LogP contribution in [0.25, 0.3) is 10.9 Å². The van der Waals surface area contributed by atoms with Gasteiger partial charge in [0.15, 0.2) is 0 Å². The number of pyridine rings is 1. The number of fused-ring (bicyclic) bond motifs is 1. The SMILES string of the molecule is CSCCNc1ccc(Cl)c2cccnc12. The van der Waals surface area contributed by atoms with E-state index in [4.69, 9.17) is 11.6 Å². The van der Waals surface area contributed by atoms with Crippen LogP contribution in [0.1, 0.15) is 0 Å². The topological polar surface area (TPSA) is 24.9 Å². The van der Waals surface area contributed by atoms with Crippen molar-refractivity contribution in [3.63, 3.8) is 0 Å². The zero-order valence-electron chi connectivity index (χ0n) is 9.03. The predicted octanol–water partition coefficient (Wildman–Crippen LogP) is 3.66. The Kier molecular flexibility index (Phi) is 3.91. The van der Waals surface area contributed by atoms with Gasteiger partial charge < -0.3 is 5.32 Å². The summed E-state index contributed by atoms with van der Waals surface area (Å²) in [6.45, 7) is 0.939. The molecular weight excluding hydrogens is 240 g/mol. The van der Waals surface area contributed by atoms with Gasteiger partial charge in [0.05, 0.1) is 16.2 Å². The average molecular weight is 253 g/mol. The lowest BCUT2D eigenvalue weighted by Gasteiger charge is -2.09. The second-order valence-electron chi connectivity index (χ2n) is 3.41. The molecule has 2 aromatic rings. The molecule has 0 aliphatic heterocycles. The lowest BCUT2D eigenvalue weighted by atomic mass is 10.2. The molecule has 2 nitrogen and oxygen atoms in total. The monoisotopic (exact) mass is 252 g/mol. The minimum Gasteiger partial charge on any atom is -0.382 e. The summed E-state index contributed by atoms with van der Waals surface area (Å²) in [6, 6.07) is 7.79. The number of hydrogen-bond donors (Lipinski definition) is 1. The van der Waals surface area contributed by atoms with Crippen LogP contribution in [0, 0.1) is 0 Å². The molecular formula is C12H13ClN2S. The minimum absolute atomic E-state index is 0.749. The number of rotatable bonds is 4. The number of hydrogen-bond acceptors (Lipinski definition) is 3. The Hall–Kier alpha value is -0.930. The minimum atomic E-state index is 0.749. The van der Waals surface area contributed by atoms with Gasteiger partial charge in [-0.15, -0.1) is 0 Å². The molecule has 0 amide bonds. The van der Waals surface area contributed by atoms with Gasteiger partial charge in [-0.3, -0.25) is 4.98 Å². The predicted molar refractivity (Wildman–Crippen MR) is 73.6 cm³/mol. The number of thioether (sulfide) groups is 1. The molecule has 0 aliphatic rings. The van der Waals surface area contributed by atoms with Crippen LogP contribution in [0.2, 0.25) is 5.02 Å². The fourth-order valence-corrected chi connectivity index (χ4v) is 2.09. The molecule has 84 valence electrons. The van der Waals surface area contributed by atoms with Gasteiger partial charge in [-0.25, -0.2) is 0 Å². The van der Waals surface area contributed by atoms with Gasteiger partial charge in [0.25, 0.3) is 0 Å². The van der Waals surface area contributed by atoms with E-state index in [1.807, 2.05) is 36.0 Å². The second-order valence-corrected chi connectivity index (χ2v) is 4.81. The maximum Gasteiger partial charge on any atom is 0.0948 e. The average Bonchev–Trinajstić information content (AvgIpc) is 2.33. The molecule has 2 rings (SSSR count). The Labute approximate surface area is 104 Å². The van der Waals surface area contributed by atoms with Crippen LogP contribution in [0.5, 0.6) is 0 Å². The Balaban J connectivity index is 2.35. The van der Waals surface area contributed by atoms with Gasteiger partial charge in [-0.2, -0.15) is 11.8 Å². The van der Waals surface area contributed by atoms with E-state index in [-0.39, 0.29) is 0 Å². The summed E-state index contributed by atoms with van der Waals surface area (Å²) in [5, 5.41) is 5.12. The summed E-state index contributed by atoms with van der Waals surface area (Å²) < 4.78 is 0. The van der Waals surface area contributed by atoms with Gasteiger partial charge in [-0.1, -0.05) is 11.6 Å². The number of aromatic nitrogens is 1. The summed E-state index contributed by atoms with van der Waals surface area (Å²) in [6.07, 6.45) is 3.89. The molecule has 0 spiro atoms. The van der Waals surface area contributed by atoms with Crippen LogP contribution >= 0.6 is 23.4 Å². The lowest BCUT2D eigenvalue weighted by molar-refractivity contribution is 1.23. The number of benzene rings is 1. The number of anilines is 1. The van der Waals surface area contributed by atoms with E-state index in [1.165, 1.54) is 0 Å². The summed E-state index contributed by atoms with van der Waals surface area (Å²) in [5.41, 5.74) is 1.99. The largest absolute Gasteiger partial charge is 0.382 e. The Morgan fingerprint density at radius 1 is 1.38 bits per heavy atom. The van der Waals surface area contributed by atoms with E-state index in [1.54, 1.807) is 6.20 Å². The van der Waals surface area contributed by atoms with Crippen molar-refractivity contribution in [1.29, 1.82) is 0 Å². The lowest BCUT2D eigenvalue weighted by Crippen LogP contribution is -2.04. The highest BCUT2D eigenvalue weighted by Crippen LogP contribution is 2.27. The Morgan fingerprint density at radius 3 is 3.06 bits per heavy atom. The van der Waals surface area contributed by atoms with Crippen LogP contribution in [-0.4, -0.2) is 23.5 Å². The molecule has 1 heterocycles. The van der Waals surface area contributed by atoms with Crippen LogP contribution < -0.4 is 5.32 Å². The molecule has 0 aliphatic carbocycles. The van der Waals surface area contributed by atoms with Crippen LogP contribution in [0.3, 0.4) is 0 Å². The molecule has 0 fully saturated rings. The van der Waals surface area contributed by atoms with Crippen molar-refractivity contribution in [3.8, 4) is 0 Å². The van der Waals surface area contributed by atoms with E-state index in [9.17, 15) is 0 Å². The number of nitrogens with one attached hydrogen (secondary N) is 1. The third-order valence-electron chi connectivity index (χ3n) is 2.34. The molecule has 16 heavy (non-hydrogen) atoms. The molecule has 1 aromatic carbocycles. The highest BCUT2D eigenvalue weighted by molar-refractivity contribution is 7.98. The molecule has 1 N–H and O–H groups in total. The van der Waals surface area contributed by atoms with Crippen LogP contribution in [0.15, 0.2) is 30.5 Å². The van der Waals surface area contributed by atoms with Crippen molar-refractivity contribution in [2.75, 3.05) is 23.9 Å². The summed E-state index contributed by atoms with van der Waals surface area (Å²) >= 11 is 7.94. The van der Waals surface area contributed by atoms with Crippen molar-refractivity contribution in [3.05, 3.63) is 35.5 Å². The van der Waals surface area contributed by atoms with E-state index in [2.05, 4.69) is 16.6 Å². The van der Waals surface area contributed by atoms with Crippen molar-refractivity contribution in [1.82, 2.24) is 4.98 Å². The first kappa shape index (κ1) is 11.6. The van der Waals surface area contributed by atoms with Gasteiger partial charge in [0.2, 0.25) is 0 Å². The Morgan fingerprint density at radius 2 is 2.25 bits per heavy atom. The summed E-state index contributed by atoms with van der Waals surface area (Å²) in [4.78, 5) is 4.37. The first-order chi connectivity index (χ1) is 7.83. The number of halogens is 1. The smallest absolute Gasteiger partial charge is 0.0948 e. The van der Waals surface area contributed by atoms with Crippen molar-refractivity contribution in [2.24, 2.45) is 0 Å². The van der Waals surface area contributed by atoms with Gasteiger partial charge in [-0.05, 0) is 30.5 Å². The van der Waals surface area contributed by atoms with Gasteiger partial charge in [0.1, 0.15) is 0 Å². The van der Waals surface area contributed by atoms with E-state index >= 15 is 0 Å². The first-order valence-electron chi connectivity index (χ1n) is 5.09. The normalized spacial score (nSPS) is 10.6. The molecule has 0 unspecified atom stereocenters. The van der Waals surface area contributed by atoms with Gasteiger partial charge in [0, 0.05) is 23.9 Å². The molecule has 4 heteroatoms. The quantitative estimate of drug-likeness (QED) is 0.841. The summed E-state index contributed by atoms with van der Waals surface area (Å²) in [5.74, 6) is 1.08. The van der Waals surface area contributed by atoms with Crippen molar-refractivity contribution < 1.29 is 0 Å². The Bertz CT molecular complexity index is 487. The highest BCUT2D eigenvalue weighted by Gasteiger charge is 2.04. The fourth-order valence-electron chi connectivity index (χ4n) is 1.57. The van der Waals surface area contributed by atoms with Crippen molar-refractivity contribution in [2.45, 2.75) is 0 Å². The maximum absolute atomic E-state index is 6.12. The van der Waals surface area contributed by atoms with E-state index in [0.29, 0.717) is 0 Å². The fraction of sp³-hybridized carbons (Fsp3) is 0.250. The van der Waals surface area contributed by atoms with Crippen molar-refractivity contribution >= 4 is 40.0 Å². The molecule has 0 saturated heterocycles. The van der Waals surface area contributed by atoms with E-state index < -0.39 is 0 Å². The molecule has 0 bridgehead atoms. The maximum atomic E-state index is 6.12. The summed E-state index contributed by atoms with van der Waals surface area (Å²) in [7, 11) is 0. The van der Waals surface area contributed by atoms with E-state index in [0.717, 1.165) is 33.9 Å². The zero-order valence-corrected chi connectivity index (χ0v) is 10.6. The second kappa shape index (κ2) is 5.41. The molecule has 0 radical (unpaired) electrons. The van der Waals surface area contributed by atoms with Gasteiger partial charge >= 0.3 is 0 Å². The third-order valence-corrected chi connectivity index (χ3v) is 3.28. The number of nitrogens with zero attached hydrogens (tertiary/aromatic N) is 1. The molecule has 1 aromatic heterocycles. The van der Waals surface area contributed by atoms with Crippen LogP contribution in [0.4, 0.5) is 5.69 Å².